The molecule has 0 fully saturated rings. The molecule has 0 atom stereocenters. The number of hydrogen-bond acceptors (Lipinski definition) is 4. The molecule has 7 nitrogen and oxygen atoms in total. The maximum absolute atomic E-state index is 12.4. The molecule has 150 valence electrons. The minimum absolute atomic E-state index is 0.169. The van der Waals surface area contributed by atoms with Gasteiger partial charge in [-0.3, -0.25) is 10.1 Å². The number of ether oxygens (including phenoxy) is 1. The maximum atomic E-state index is 12.4. The molecule has 0 spiro atoms. The topological polar surface area (TPSA) is 85.2 Å². The summed E-state index contributed by atoms with van der Waals surface area (Å²) < 4.78 is 6.83. The first-order valence-electron chi connectivity index (χ1n) is 9.42. The van der Waals surface area contributed by atoms with Crippen LogP contribution in [0.2, 0.25) is 0 Å². The molecule has 2 aromatic carbocycles. The molecule has 0 aliphatic carbocycles. The van der Waals surface area contributed by atoms with Crippen molar-refractivity contribution < 1.29 is 14.3 Å². The molecule has 0 radical (unpaired) electrons. The highest BCUT2D eigenvalue weighted by atomic mass is 16.5. The van der Waals surface area contributed by atoms with Gasteiger partial charge in [-0.15, -0.1) is 0 Å². The summed E-state index contributed by atoms with van der Waals surface area (Å²) in [5.74, 6) is 0.0924. The van der Waals surface area contributed by atoms with Gasteiger partial charge in [-0.2, -0.15) is 5.10 Å². The average Bonchev–Trinajstić information content (AvgIpc) is 3.15. The second kappa shape index (κ2) is 9.54. The second-order valence-corrected chi connectivity index (χ2v) is 7.05. The van der Waals surface area contributed by atoms with E-state index >= 15 is 0 Å². The Morgan fingerprint density at radius 1 is 1.03 bits per heavy atom. The number of para-hydroxylation sites is 1. The van der Waals surface area contributed by atoms with Crippen molar-refractivity contribution >= 4 is 23.4 Å². The van der Waals surface area contributed by atoms with Crippen LogP contribution in [0.25, 0.3) is 5.69 Å². The first-order valence-corrected chi connectivity index (χ1v) is 9.42. The lowest BCUT2D eigenvalue weighted by Crippen LogP contribution is -2.17. The lowest BCUT2D eigenvalue weighted by Gasteiger charge is -2.10. The minimum atomic E-state index is -0.518. The molecule has 0 saturated heterocycles. The van der Waals surface area contributed by atoms with Gasteiger partial charge in [0.05, 0.1) is 24.9 Å². The van der Waals surface area contributed by atoms with Gasteiger partial charge in [-0.25, -0.2) is 9.48 Å². The Balaban J connectivity index is 1.56. The van der Waals surface area contributed by atoms with Crippen molar-refractivity contribution in [1.29, 1.82) is 0 Å². The molecule has 0 aliphatic rings. The van der Waals surface area contributed by atoms with Crippen molar-refractivity contribution in [3.05, 3.63) is 72.6 Å². The van der Waals surface area contributed by atoms with Gasteiger partial charge in [0, 0.05) is 17.6 Å². The zero-order valence-electron chi connectivity index (χ0n) is 16.5. The van der Waals surface area contributed by atoms with Gasteiger partial charge in [-0.05, 0) is 41.8 Å². The normalized spacial score (nSPS) is 10.6. The smallest absolute Gasteiger partial charge is 0.411 e. The van der Waals surface area contributed by atoms with Crippen molar-refractivity contribution in [2.45, 2.75) is 20.3 Å². The van der Waals surface area contributed by atoms with E-state index in [1.165, 1.54) is 0 Å². The van der Waals surface area contributed by atoms with Gasteiger partial charge in [-0.1, -0.05) is 38.1 Å². The molecule has 1 aromatic heterocycles. The summed E-state index contributed by atoms with van der Waals surface area (Å²) in [6.07, 6.45) is 3.18. The molecule has 0 bridgehead atoms. The molecule has 29 heavy (non-hydrogen) atoms. The van der Waals surface area contributed by atoms with Crippen molar-refractivity contribution in [3.63, 3.8) is 0 Å². The fraction of sp³-hybridized carbons (Fsp3) is 0.227. The predicted octanol–water partition coefficient (Wildman–Crippen LogP) is 4.26. The molecule has 2 amide bonds. The van der Waals surface area contributed by atoms with Crippen LogP contribution in [0.15, 0.2) is 67.0 Å². The minimum Gasteiger partial charge on any atom is -0.449 e. The SMILES string of the molecule is CC(C)COC(=O)Nc1cccc(NC(=O)Cc2cnn(-c3ccccc3)c2)c1. The summed E-state index contributed by atoms with van der Waals surface area (Å²) in [5, 5.41) is 9.79. The molecule has 3 aromatic rings. The van der Waals surface area contributed by atoms with E-state index in [2.05, 4.69) is 15.7 Å². The predicted molar refractivity (Wildman–Crippen MR) is 112 cm³/mol. The van der Waals surface area contributed by atoms with Crippen LogP contribution in [0, 0.1) is 5.92 Å². The van der Waals surface area contributed by atoms with Crippen molar-refractivity contribution in [2.75, 3.05) is 17.2 Å². The summed E-state index contributed by atoms with van der Waals surface area (Å²) in [5.41, 5.74) is 2.88. The van der Waals surface area contributed by atoms with Crippen LogP contribution in [0.4, 0.5) is 16.2 Å². The molecule has 7 heteroatoms. The highest BCUT2D eigenvalue weighted by molar-refractivity contribution is 5.93. The number of nitrogens with zero attached hydrogens (tertiary/aromatic N) is 2. The number of hydrogen-bond donors (Lipinski definition) is 2. The standard InChI is InChI=1S/C22H24N4O3/c1-16(2)15-29-22(28)25-19-8-6-7-18(12-19)24-21(27)11-17-13-23-26(14-17)20-9-4-3-5-10-20/h3-10,12-14,16H,11,15H2,1-2H3,(H,24,27)(H,25,28). The fourth-order valence-electron chi connectivity index (χ4n) is 2.63. The third-order valence-corrected chi connectivity index (χ3v) is 3.96. The highest BCUT2D eigenvalue weighted by Crippen LogP contribution is 2.16. The zero-order valence-corrected chi connectivity index (χ0v) is 16.5. The molecule has 2 N–H and O–H groups in total. The monoisotopic (exact) mass is 392 g/mol. The number of rotatable bonds is 7. The third kappa shape index (κ3) is 6.21. The molecule has 0 aliphatic heterocycles. The van der Waals surface area contributed by atoms with Crippen LogP contribution in [0.3, 0.4) is 0 Å². The molecule has 0 unspecified atom stereocenters. The second-order valence-electron chi connectivity index (χ2n) is 7.05. The summed E-state index contributed by atoms with van der Waals surface area (Å²) in [6, 6.07) is 16.6. The first kappa shape index (κ1) is 20.1. The number of anilines is 2. The lowest BCUT2D eigenvalue weighted by atomic mass is 10.2. The third-order valence-electron chi connectivity index (χ3n) is 3.96. The molecule has 0 saturated carbocycles. The van der Waals surface area contributed by atoms with E-state index in [0.717, 1.165) is 11.3 Å². The number of nitrogens with one attached hydrogen (secondary N) is 2. The summed E-state index contributed by atoms with van der Waals surface area (Å²) >= 11 is 0. The van der Waals surface area contributed by atoms with Gasteiger partial charge in [0.2, 0.25) is 5.91 Å². The average molecular weight is 392 g/mol. The summed E-state index contributed by atoms with van der Waals surface area (Å²) in [6.45, 7) is 4.28. The Morgan fingerprint density at radius 3 is 2.48 bits per heavy atom. The van der Waals surface area contributed by atoms with Crippen LogP contribution >= 0.6 is 0 Å². The van der Waals surface area contributed by atoms with Crippen LogP contribution in [0.1, 0.15) is 19.4 Å². The number of benzene rings is 2. The number of amides is 2. The van der Waals surface area contributed by atoms with Gasteiger partial charge in [0.1, 0.15) is 0 Å². The number of aromatic nitrogens is 2. The molecule has 1 heterocycles. The number of carbonyl (C=O) groups excluding carboxylic acids is 2. The van der Waals surface area contributed by atoms with Crippen LogP contribution in [-0.4, -0.2) is 28.4 Å². The lowest BCUT2D eigenvalue weighted by molar-refractivity contribution is -0.115. The maximum Gasteiger partial charge on any atom is 0.411 e. The Labute approximate surface area is 169 Å². The van der Waals surface area contributed by atoms with Crippen molar-refractivity contribution in [3.8, 4) is 5.69 Å². The van der Waals surface area contributed by atoms with E-state index < -0.39 is 6.09 Å². The summed E-state index contributed by atoms with van der Waals surface area (Å²) in [4.78, 5) is 24.2. The number of carbonyl (C=O) groups is 2. The Bertz CT molecular complexity index is 967. The van der Waals surface area contributed by atoms with Gasteiger partial charge in [0.15, 0.2) is 0 Å². The van der Waals surface area contributed by atoms with Gasteiger partial charge < -0.3 is 10.1 Å². The Hall–Kier alpha value is -3.61. The summed E-state index contributed by atoms with van der Waals surface area (Å²) in [7, 11) is 0. The Morgan fingerprint density at radius 2 is 1.76 bits per heavy atom. The zero-order chi connectivity index (χ0) is 20.6. The van der Waals surface area contributed by atoms with E-state index in [1.807, 2.05) is 50.4 Å². The Kier molecular flexibility index (Phi) is 6.63. The van der Waals surface area contributed by atoms with E-state index in [9.17, 15) is 9.59 Å². The highest BCUT2D eigenvalue weighted by Gasteiger charge is 2.09. The quantitative estimate of drug-likeness (QED) is 0.629. The van der Waals surface area contributed by atoms with Crippen LogP contribution < -0.4 is 10.6 Å². The van der Waals surface area contributed by atoms with Crippen LogP contribution in [0.5, 0.6) is 0 Å². The molecular formula is C22H24N4O3. The molecule has 3 rings (SSSR count). The van der Waals surface area contributed by atoms with Crippen LogP contribution in [-0.2, 0) is 16.0 Å². The van der Waals surface area contributed by atoms with E-state index in [4.69, 9.17) is 4.74 Å². The fourth-order valence-corrected chi connectivity index (χ4v) is 2.63. The van der Waals surface area contributed by atoms with Gasteiger partial charge in [0.25, 0.3) is 0 Å². The van der Waals surface area contributed by atoms with Gasteiger partial charge >= 0.3 is 6.09 Å². The molecular weight excluding hydrogens is 368 g/mol. The van der Waals surface area contributed by atoms with E-state index in [0.29, 0.717) is 18.0 Å². The largest absolute Gasteiger partial charge is 0.449 e. The van der Waals surface area contributed by atoms with E-state index in [-0.39, 0.29) is 18.2 Å². The first-order chi connectivity index (χ1) is 14.0. The van der Waals surface area contributed by atoms with E-state index in [1.54, 1.807) is 35.1 Å². The van der Waals surface area contributed by atoms with Crippen molar-refractivity contribution in [1.82, 2.24) is 9.78 Å². The van der Waals surface area contributed by atoms with Crippen molar-refractivity contribution in [2.24, 2.45) is 5.92 Å².